The Morgan fingerprint density at radius 1 is 0.939 bits per heavy atom. The van der Waals surface area contributed by atoms with E-state index in [-0.39, 0.29) is 18.9 Å². The topological polar surface area (TPSA) is 125 Å². The van der Waals surface area contributed by atoms with Crippen LogP contribution in [0.1, 0.15) is 29.9 Å². The monoisotopic (exact) mass is 462 g/mol. The molecular formula is C23H24F2N2O6. The zero-order valence-corrected chi connectivity index (χ0v) is 17.5. The molecule has 0 heterocycles. The fourth-order valence-electron chi connectivity index (χ4n) is 3.85. The first-order valence-corrected chi connectivity index (χ1v) is 10.4. The smallest absolute Gasteiger partial charge is 0.407 e. The maximum absolute atomic E-state index is 13.0. The van der Waals surface area contributed by atoms with Crippen molar-refractivity contribution >= 4 is 18.0 Å². The molecule has 1 unspecified atom stereocenters. The van der Waals surface area contributed by atoms with E-state index in [0.717, 1.165) is 22.3 Å². The third kappa shape index (κ3) is 5.83. The molecule has 8 nitrogen and oxygen atoms in total. The number of carboxylic acid groups (broad SMARTS) is 1. The van der Waals surface area contributed by atoms with Gasteiger partial charge in [-0.25, -0.2) is 18.4 Å². The third-order valence-electron chi connectivity index (χ3n) is 5.40. The molecule has 0 fully saturated rings. The lowest BCUT2D eigenvalue weighted by atomic mass is 9.98. The van der Waals surface area contributed by atoms with Gasteiger partial charge in [-0.3, -0.25) is 4.79 Å². The first-order chi connectivity index (χ1) is 15.8. The molecule has 2 aromatic carbocycles. The molecule has 10 heteroatoms. The number of aliphatic carboxylic acids is 1. The molecule has 2 atom stereocenters. The van der Waals surface area contributed by atoms with Crippen LogP contribution in [0, 0.1) is 0 Å². The number of alkyl halides is 2. The van der Waals surface area contributed by atoms with E-state index >= 15 is 0 Å². The van der Waals surface area contributed by atoms with Gasteiger partial charge in [-0.15, -0.1) is 0 Å². The van der Waals surface area contributed by atoms with E-state index < -0.39 is 49.5 Å². The molecule has 0 spiro atoms. The van der Waals surface area contributed by atoms with Crippen molar-refractivity contribution in [1.82, 2.24) is 10.6 Å². The predicted molar refractivity (Wildman–Crippen MR) is 114 cm³/mol. The molecule has 3 rings (SSSR count). The first-order valence-electron chi connectivity index (χ1n) is 10.4. The van der Waals surface area contributed by atoms with Crippen LogP contribution in [0.25, 0.3) is 11.1 Å². The van der Waals surface area contributed by atoms with E-state index in [2.05, 4.69) is 5.32 Å². The molecule has 176 valence electrons. The highest BCUT2D eigenvalue weighted by Gasteiger charge is 2.31. The Balaban J connectivity index is 1.66. The van der Waals surface area contributed by atoms with Crippen molar-refractivity contribution in [3.05, 3.63) is 59.7 Å². The molecule has 0 aromatic heterocycles. The minimum absolute atomic E-state index is 0.0782. The first kappa shape index (κ1) is 24.1. The van der Waals surface area contributed by atoms with Crippen molar-refractivity contribution < 1.29 is 38.1 Å². The van der Waals surface area contributed by atoms with Crippen LogP contribution in [0.5, 0.6) is 0 Å². The summed E-state index contributed by atoms with van der Waals surface area (Å²) >= 11 is 0. The Morgan fingerprint density at radius 2 is 1.52 bits per heavy atom. The summed E-state index contributed by atoms with van der Waals surface area (Å²) in [4.78, 5) is 35.8. The van der Waals surface area contributed by atoms with Gasteiger partial charge < -0.3 is 25.6 Å². The Kier molecular flexibility index (Phi) is 7.94. The number of halogens is 2. The summed E-state index contributed by atoms with van der Waals surface area (Å²) in [7, 11) is 0. The molecule has 2 amide bonds. The van der Waals surface area contributed by atoms with Gasteiger partial charge in [-0.05, 0) is 22.3 Å². The Bertz CT molecular complexity index is 970. The summed E-state index contributed by atoms with van der Waals surface area (Å²) in [6, 6.07) is 12.1. The number of hydrogen-bond acceptors (Lipinski definition) is 5. The second-order valence-electron chi connectivity index (χ2n) is 7.56. The number of aliphatic hydroxyl groups is 1. The summed E-state index contributed by atoms with van der Waals surface area (Å²) in [5.41, 5.74) is 3.95. The van der Waals surface area contributed by atoms with E-state index in [1.165, 1.54) is 0 Å². The Labute approximate surface area is 188 Å². The molecule has 1 aliphatic carbocycles. The molecule has 0 bridgehead atoms. The van der Waals surface area contributed by atoms with Gasteiger partial charge in [-0.1, -0.05) is 48.5 Å². The van der Waals surface area contributed by atoms with Gasteiger partial charge in [-0.2, -0.15) is 0 Å². The summed E-state index contributed by atoms with van der Waals surface area (Å²) < 4.78 is 31.2. The zero-order valence-electron chi connectivity index (χ0n) is 17.5. The van der Waals surface area contributed by atoms with Crippen molar-refractivity contribution in [2.24, 2.45) is 0 Å². The van der Waals surface area contributed by atoms with Gasteiger partial charge in [0.25, 0.3) is 0 Å². The van der Waals surface area contributed by atoms with Crippen LogP contribution in [0.3, 0.4) is 0 Å². The zero-order chi connectivity index (χ0) is 24.0. The van der Waals surface area contributed by atoms with Crippen LogP contribution in [0.2, 0.25) is 0 Å². The van der Waals surface area contributed by atoms with Crippen molar-refractivity contribution in [2.45, 2.75) is 37.3 Å². The van der Waals surface area contributed by atoms with Crippen molar-refractivity contribution in [1.29, 1.82) is 0 Å². The largest absolute Gasteiger partial charge is 0.480 e. The lowest BCUT2D eigenvalue weighted by Crippen LogP contribution is -2.52. The van der Waals surface area contributed by atoms with E-state index in [0.29, 0.717) is 0 Å². The number of alkyl carbamates (subject to hydrolysis) is 1. The van der Waals surface area contributed by atoms with Crippen molar-refractivity contribution in [2.75, 3.05) is 13.2 Å². The summed E-state index contributed by atoms with van der Waals surface area (Å²) in [6.45, 7) is -0.609. The van der Waals surface area contributed by atoms with Gasteiger partial charge in [0.1, 0.15) is 18.7 Å². The van der Waals surface area contributed by atoms with Crippen LogP contribution in [0.15, 0.2) is 48.5 Å². The summed E-state index contributed by atoms with van der Waals surface area (Å²) in [5.74, 6) is -2.80. The lowest BCUT2D eigenvalue weighted by molar-refractivity contribution is -0.142. The van der Waals surface area contributed by atoms with E-state index in [1.54, 1.807) is 0 Å². The average Bonchev–Trinajstić information content (AvgIpc) is 3.10. The highest BCUT2D eigenvalue weighted by atomic mass is 19.3. The number of ether oxygens (including phenoxy) is 1. The van der Waals surface area contributed by atoms with Crippen LogP contribution < -0.4 is 10.6 Å². The normalized spacial score (nSPS) is 14.2. The number of aliphatic hydroxyl groups excluding tert-OH is 1. The molecule has 4 N–H and O–H groups in total. The average molecular weight is 462 g/mol. The molecule has 2 aromatic rings. The molecule has 1 aliphatic rings. The third-order valence-corrected chi connectivity index (χ3v) is 5.40. The number of rotatable bonds is 10. The van der Waals surface area contributed by atoms with Gasteiger partial charge in [0, 0.05) is 25.4 Å². The van der Waals surface area contributed by atoms with Crippen LogP contribution in [-0.2, 0) is 14.3 Å². The lowest BCUT2D eigenvalue weighted by Gasteiger charge is -2.21. The Morgan fingerprint density at radius 3 is 2.03 bits per heavy atom. The number of fused-ring (bicyclic) bond motifs is 3. The number of benzene rings is 2. The summed E-state index contributed by atoms with van der Waals surface area (Å²) in [6.07, 6.45) is -5.35. The standard InChI is InChI=1S/C23H24F2N2O6/c24-20(25)11-19(21(29)26-18(9-10-28)22(30)31)27-23(32)33-12-17-15-7-3-1-5-13(15)14-6-2-4-8-16(14)17/h1-8,17-20,28H,9-12H2,(H,26,29)(H,27,32)(H,30,31)/t18-,19?/m1/s1. The molecular weight excluding hydrogens is 438 g/mol. The fourth-order valence-corrected chi connectivity index (χ4v) is 3.85. The second kappa shape index (κ2) is 10.9. The predicted octanol–water partition coefficient (Wildman–Crippen LogP) is 2.50. The van der Waals surface area contributed by atoms with Gasteiger partial charge in [0.2, 0.25) is 12.3 Å². The number of hydrogen-bond donors (Lipinski definition) is 4. The van der Waals surface area contributed by atoms with E-state index in [9.17, 15) is 23.2 Å². The van der Waals surface area contributed by atoms with Gasteiger partial charge in [0.15, 0.2) is 0 Å². The SMILES string of the molecule is O=C(NC(CC(F)F)C(=O)N[C@H](CCO)C(=O)O)OCC1c2ccccc2-c2ccccc21. The van der Waals surface area contributed by atoms with Crippen LogP contribution in [-0.4, -0.2) is 59.9 Å². The van der Waals surface area contributed by atoms with E-state index in [4.69, 9.17) is 14.9 Å². The molecule has 0 radical (unpaired) electrons. The van der Waals surface area contributed by atoms with Gasteiger partial charge in [0.05, 0.1) is 0 Å². The number of nitrogens with one attached hydrogen (secondary N) is 2. The van der Waals surface area contributed by atoms with Crippen molar-refractivity contribution in [3.63, 3.8) is 0 Å². The highest BCUT2D eigenvalue weighted by Crippen LogP contribution is 2.44. The molecule has 0 saturated heterocycles. The Hall–Kier alpha value is -3.53. The van der Waals surface area contributed by atoms with Crippen LogP contribution in [0.4, 0.5) is 13.6 Å². The molecule has 0 saturated carbocycles. The second-order valence-corrected chi connectivity index (χ2v) is 7.56. The van der Waals surface area contributed by atoms with E-state index in [1.807, 2.05) is 53.8 Å². The maximum atomic E-state index is 13.0. The minimum Gasteiger partial charge on any atom is -0.480 e. The summed E-state index contributed by atoms with van der Waals surface area (Å²) in [5, 5.41) is 22.1. The van der Waals surface area contributed by atoms with Crippen molar-refractivity contribution in [3.8, 4) is 11.1 Å². The number of amides is 2. The van der Waals surface area contributed by atoms with Gasteiger partial charge >= 0.3 is 12.1 Å². The highest BCUT2D eigenvalue weighted by molar-refractivity contribution is 5.89. The molecule has 0 aliphatic heterocycles. The fraction of sp³-hybridized carbons (Fsp3) is 0.348. The number of carbonyl (C=O) groups is 3. The quantitative estimate of drug-likeness (QED) is 0.430. The number of carboxylic acids is 1. The number of carbonyl (C=O) groups excluding carboxylic acids is 2. The van der Waals surface area contributed by atoms with Crippen LogP contribution >= 0.6 is 0 Å². The molecule has 33 heavy (non-hydrogen) atoms. The maximum Gasteiger partial charge on any atom is 0.407 e. The minimum atomic E-state index is -2.93.